The van der Waals surface area contributed by atoms with Crippen molar-refractivity contribution in [1.29, 1.82) is 0 Å². The maximum atomic E-state index is 13.3. The number of aryl methyl sites for hydroxylation is 1. The zero-order valence-corrected chi connectivity index (χ0v) is 20.0. The van der Waals surface area contributed by atoms with Crippen LogP contribution in [-0.4, -0.2) is 23.2 Å². The van der Waals surface area contributed by atoms with Crippen molar-refractivity contribution in [3.8, 4) is 0 Å². The summed E-state index contributed by atoms with van der Waals surface area (Å²) in [4.78, 5) is 30.1. The molecule has 168 valence electrons. The second-order valence-electron chi connectivity index (χ2n) is 8.97. The number of para-hydroxylation sites is 2. The largest absolute Gasteiger partial charge is 0.506 e. The van der Waals surface area contributed by atoms with Crippen LogP contribution in [0.1, 0.15) is 30.7 Å². The topological polar surface area (TPSA) is 61.5 Å². The number of rotatable bonds is 1. The average molecular weight is 486 g/mol. The van der Waals surface area contributed by atoms with Gasteiger partial charge in [-0.3, -0.25) is 9.59 Å². The molecule has 5 nitrogen and oxygen atoms in total. The fourth-order valence-corrected chi connectivity index (χ4v) is 8.13. The molecule has 0 spiro atoms. The Bertz CT molecular complexity index is 1540. The SMILES string of the molecule is O=C1C(=O)/C(=C2\CCC[n+]3c2sc2ccccc23)C(O)=C1C1=C2Sc3ccccc3N2CCC1. The van der Waals surface area contributed by atoms with E-state index in [1.54, 1.807) is 23.1 Å². The van der Waals surface area contributed by atoms with E-state index in [4.69, 9.17) is 0 Å². The van der Waals surface area contributed by atoms with E-state index >= 15 is 0 Å². The Morgan fingerprint density at radius 2 is 1.65 bits per heavy atom. The number of ketones is 2. The summed E-state index contributed by atoms with van der Waals surface area (Å²) in [6, 6.07) is 16.4. The highest BCUT2D eigenvalue weighted by atomic mass is 32.2. The van der Waals surface area contributed by atoms with Crippen LogP contribution >= 0.6 is 23.1 Å². The third-order valence-corrected chi connectivity index (χ3v) is 9.54. The molecule has 4 aliphatic rings. The molecule has 0 radical (unpaired) electrons. The van der Waals surface area contributed by atoms with Crippen LogP contribution in [0.5, 0.6) is 0 Å². The normalized spacial score (nSPS) is 22.1. The highest BCUT2D eigenvalue weighted by molar-refractivity contribution is 8.03. The quantitative estimate of drug-likeness (QED) is 0.287. The van der Waals surface area contributed by atoms with E-state index in [1.165, 1.54) is 0 Å². The number of fused-ring (bicyclic) bond motifs is 6. The third-order valence-electron chi connectivity index (χ3n) is 7.09. The minimum atomic E-state index is -0.570. The molecule has 0 unspecified atom stereocenters. The molecule has 0 bridgehead atoms. The molecule has 3 aromatic rings. The van der Waals surface area contributed by atoms with Crippen LogP contribution in [0.15, 0.2) is 80.9 Å². The zero-order valence-electron chi connectivity index (χ0n) is 18.3. The molecular weight excluding hydrogens is 464 g/mol. The number of hydrogen-bond donors (Lipinski definition) is 1. The number of allylic oxidation sites excluding steroid dienone is 4. The van der Waals surface area contributed by atoms with Crippen molar-refractivity contribution in [2.75, 3.05) is 11.4 Å². The van der Waals surface area contributed by atoms with E-state index < -0.39 is 11.6 Å². The number of benzene rings is 2. The molecule has 0 atom stereocenters. The molecule has 2 aromatic carbocycles. The number of nitrogens with zero attached hydrogens (tertiary/aromatic N) is 2. The van der Waals surface area contributed by atoms with Crippen LogP contribution in [0.3, 0.4) is 0 Å². The summed E-state index contributed by atoms with van der Waals surface area (Å²) >= 11 is 3.25. The zero-order chi connectivity index (χ0) is 23.0. The van der Waals surface area contributed by atoms with E-state index in [2.05, 4.69) is 33.7 Å². The minimum Gasteiger partial charge on any atom is -0.506 e. The van der Waals surface area contributed by atoms with Gasteiger partial charge in [-0.15, -0.1) is 0 Å². The molecule has 4 heterocycles. The van der Waals surface area contributed by atoms with Crippen LogP contribution in [-0.2, 0) is 16.1 Å². The van der Waals surface area contributed by atoms with Gasteiger partial charge in [0.15, 0.2) is 6.54 Å². The summed E-state index contributed by atoms with van der Waals surface area (Å²) in [6.07, 6.45) is 3.09. The van der Waals surface area contributed by atoms with Gasteiger partial charge in [0.05, 0.1) is 27.4 Å². The second-order valence-corrected chi connectivity index (χ2v) is 11.0. The summed E-state index contributed by atoms with van der Waals surface area (Å²) in [5, 5.41) is 13.4. The van der Waals surface area contributed by atoms with Crippen molar-refractivity contribution >= 4 is 56.1 Å². The van der Waals surface area contributed by atoms with Crippen LogP contribution in [0.2, 0.25) is 0 Å². The Hall–Kier alpha value is -3.16. The standard InChI is InChI=1S/C27H20N2O3S2/c30-23-21(15-7-5-13-28-17-9-1-3-11-19(17)33-26(15)28)24(31)25(32)22(23)16-8-6-14-29-18-10-2-4-12-20(18)34-27(16)29/h1-4,9-12H,5-8,13-14H2/p+1. The van der Waals surface area contributed by atoms with Gasteiger partial charge in [-0.1, -0.05) is 47.4 Å². The number of aliphatic hydroxyl groups is 1. The number of anilines is 1. The first-order chi connectivity index (χ1) is 16.6. The Labute approximate surface area is 204 Å². The first-order valence-electron chi connectivity index (χ1n) is 11.6. The number of thiazole rings is 1. The molecule has 34 heavy (non-hydrogen) atoms. The lowest BCUT2D eigenvalue weighted by Crippen LogP contribution is -2.39. The molecule has 1 aromatic heterocycles. The molecule has 1 aliphatic carbocycles. The summed E-state index contributed by atoms with van der Waals surface area (Å²) < 4.78 is 3.37. The summed E-state index contributed by atoms with van der Waals surface area (Å²) in [5.41, 5.74) is 4.30. The van der Waals surface area contributed by atoms with Crippen LogP contribution < -0.4 is 9.47 Å². The molecule has 0 amide bonds. The first kappa shape index (κ1) is 20.2. The molecule has 0 saturated heterocycles. The van der Waals surface area contributed by atoms with Crippen molar-refractivity contribution in [3.05, 3.63) is 81.0 Å². The van der Waals surface area contributed by atoms with Gasteiger partial charge in [-0.25, -0.2) is 0 Å². The van der Waals surface area contributed by atoms with Gasteiger partial charge in [-0.05, 0) is 43.0 Å². The number of hydrogen-bond acceptors (Lipinski definition) is 6. The van der Waals surface area contributed by atoms with Crippen molar-refractivity contribution in [2.45, 2.75) is 37.1 Å². The number of thioether (sulfide) groups is 1. The van der Waals surface area contributed by atoms with Crippen LogP contribution in [0.25, 0.3) is 15.8 Å². The first-order valence-corrected chi connectivity index (χ1v) is 13.2. The fraction of sp³-hybridized carbons (Fsp3) is 0.222. The van der Waals surface area contributed by atoms with Gasteiger partial charge in [-0.2, -0.15) is 4.57 Å². The smallest absolute Gasteiger partial charge is 0.266 e. The van der Waals surface area contributed by atoms with Crippen LogP contribution in [0.4, 0.5) is 5.69 Å². The third kappa shape index (κ3) is 2.71. The van der Waals surface area contributed by atoms with Crippen molar-refractivity contribution in [3.63, 3.8) is 0 Å². The molecule has 7 rings (SSSR count). The molecule has 3 aliphatic heterocycles. The van der Waals surface area contributed by atoms with E-state index in [9.17, 15) is 14.7 Å². The summed E-state index contributed by atoms with van der Waals surface area (Å²) in [6.45, 7) is 1.74. The highest BCUT2D eigenvalue weighted by Crippen LogP contribution is 2.52. The average Bonchev–Trinajstić information content (AvgIpc) is 3.49. The Kier molecular flexibility index (Phi) is 4.41. The van der Waals surface area contributed by atoms with Crippen LogP contribution in [0, 0.1) is 0 Å². The van der Waals surface area contributed by atoms with Gasteiger partial charge in [0.2, 0.25) is 17.1 Å². The monoisotopic (exact) mass is 485 g/mol. The van der Waals surface area contributed by atoms with Gasteiger partial charge < -0.3 is 10.0 Å². The number of aliphatic hydroxyl groups excluding tert-OH is 1. The maximum absolute atomic E-state index is 13.3. The number of carbonyl (C=O) groups is 2. The highest BCUT2D eigenvalue weighted by Gasteiger charge is 2.45. The predicted octanol–water partition coefficient (Wildman–Crippen LogP) is 5.32. The minimum absolute atomic E-state index is 0.128. The summed E-state index contributed by atoms with van der Waals surface area (Å²) in [5.74, 6) is -1.27. The number of carbonyl (C=O) groups excluding carboxylic acids is 2. The molecular formula is C27H21N2O3S2+. The van der Waals surface area contributed by atoms with Gasteiger partial charge in [0.1, 0.15) is 10.5 Å². The van der Waals surface area contributed by atoms with E-state index in [-0.39, 0.29) is 16.9 Å². The molecule has 0 fully saturated rings. The predicted molar refractivity (Wildman–Crippen MR) is 134 cm³/mol. The van der Waals surface area contributed by atoms with Crippen molar-refractivity contribution in [1.82, 2.24) is 0 Å². The van der Waals surface area contributed by atoms with E-state index in [1.807, 2.05) is 24.3 Å². The molecule has 1 N–H and O–H groups in total. The molecule has 0 saturated carbocycles. The van der Waals surface area contributed by atoms with E-state index in [0.29, 0.717) is 12.8 Å². The van der Waals surface area contributed by atoms with Crippen molar-refractivity contribution in [2.24, 2.45) is 0 Å². The van der Waals surface area contributed by atoms with E-state index in [0.717, 1.165) is 67.9 Å². The second kappa shape index (κ2) is 7.42. The number of aromatic nitrogens is 1. The van der Waals surface area contributed by atoms with Gasteiger partial charge in [0, 0.05) is 23.9 Å². The Morgan fingerprint density at radius 1 is 0.882 bits per heavy atom. The maximum Gasteiger partial charge on any atom is 0.266 e. The lowest BCUT2D eigenvalue weighted by molar-refractivity contribution is -0.672. The lowest BCUT2D eigenvalue weighted by Gasteiger charge is -2.28. The Morgan fingerprint density at radius 3 is 2.56 bits per heavy atom. The lowest BCUT2D eigenvalue weighted by atomic mass is 9.97. The fourth-order valence-electron chi connectivity index (χ4n) is 5.60. The van der Waals surface area contributed by atoms with Crippen molar-refractivity contribution < 1.29 is 19.3 Å². The molecule has 7 heteroatoms. The van der Waals surface area contributed by atoms with Gasteiger partial charge in [0.25, 0.3) is 5.01 Å². The van der Waals surface area contributed by atoms with Gasteiger partial charge >= 0.3 is 0 Å². The summed E-state index contributed by atoms with van der Waals surface area (Å²) in [7, 11) is 0. The number of Topliss-reactive ketones (excluding diaryl/α,β-unsaturated/α-hetero) is 2. The Balaban J connectivity index is 1.42.